The van der Waals surface area contributed by atoms with E-state index in [-0.39, 0.29) is 0 Å². The van der Waals surface area contributed by atoms with E-state index in [1.165, 1.54) is 24.8 Å². The first-order valence-electron chi connectivity index (χ1n) is 9.81. The van der Waals surface area contributed by atoms with E-state index < -0.39 is 0 Å². The van der Waals surface area contributed by atoms with Crippen LogP contribution in [-0.4, -0.2) is 39.9 Å². The molecule has 1 aliphatic heterocycles. The first-order chi connectivity index (χ1) is 13.8. The second kappa shape index (κ2) is 9.26. The molecule has 0 radical (unpaired) electrons. The van der Waals surface area contributed by atoms with Crippen LogP contribution in [0.3, 0.4) is 0 Å². The summed E-state index contributed by atoms with van der Waals surface area (Å²) in [5.74, 6) is 2.72. The summed E-state index contributed by atoms with van der Waals surface area (Å²) in [6.45, 7) is 3.14. The Bertz CT molecular complexity index is 891. The van der Waals surface area contributed by atoms with Crippen LogP contribution in [0.1, 0.15) is 30.7 Å². The van der Waals surface area contributed by atoms with Gasteiger partial charge in [-0.25, -0.2) is 0 Å². The van der Waals surface area contributed by atoms with Crippen molar-refractivity contribution in [3.05, 3.63) is 66.0 Å². The molecular formula is C22H26N4OS. The largest absolute Gasteiger partial charge is 0.497 e. The number of benzene rings is 2. The Morgan fingerprint density at radius 3 is 2.57 bits per heavy atom. The average molecular weight is 395 g/mol. The predicted octanol–water partition coefficient (Wildman–Crippen LogP) is 4.55. The summed E-state index contributed by atoms with van der Waals surface area (Å²) >= 11 is 1.71. The Morgan fingerprint density at radius 1 is 0.964 bits per heavy atom. The monoisotopic (exact) mass is 394 g/mol. The van der Waals surface area contributed by atoms with Gasteiger partial charge in [-0.3, -0.25) is 9.47 Å². The first kappa shape index (κ1) is 19.0. The van der Waals surface area contributed by atoms with E-state index in [1.54, 1.807) is 18.9 Å². The van der Waals surface area contributed by atoms with Crippen LogP contribution in [0, 0.1) is 0 Å². The molecule has 0 N–H and O–H groups in total. The van der Waals surface area contributed by atoms with Crippen molar-refractivity contribution < 1.29 is 4.74 Å². The highest BCUT2D eigenvalue weighted by Gasteiger charge is 2.18. The third-order valence-corrected chi connectivity index (χ3v) is 6.03. The predicted molar refractivity (Wildman–Crippen MR) is 113 cm³/mol. The van der Waals surface area contributed by atoms with Crippen LogP contribution >= 0.6 is 11.8 Å². The van der Waals surface area contributed by atoms with Gasteiger partial charge in [0.1, 0.15) is 5.75 Å². The Hall–Kier alpha value is -2.31. The number of hydrogen-bond acceptors (Lipinski definition) is 5. The number of methoxy groups -OCH3 is 1. The molecule has 0 amide bonds. The highest BCUT2D eigenvalue weighted by Crippen LogP contribution is 2.27. The smallest absolute Gasteiger partial charge is 0.196 e. The van der Waals surface area contributed by atoms with Gasteiger partial charge >= 0.3 is 0 Å². The molecule has 0 atom stereocenters. The van der Waals surface area contributed by atoms with Gasteiger partial charge in [0, 0.05) is 11.4 Å². The molecule has 0 aliphatic carbocycles. The maximum atomic E-state index is 5.34. The van der Waals surface area contributed by atoms with Crippen LogP contribution in [0.25, 0.3) is 5.69 Å². The summed E-state index contributed by atoms with van der Waals surface area (Å²) in [6, 6.07) is 18.6. The Kier molecular flexibility index (Phi) is 6.29. The lowest BCUT2D eigenvalue weighted by Gasteiger charge is -2.26. The molecule has 1 saturated heterocycles. The molecule has 1 fully saturated rings. The van der Waals surface area contributed by atoms with E-state index in [0.29, 0.717) is 0 Å². The number of rotatable bonds is 7. The van der Waals surface area contributed by atoms with Crippen LogP contribution in [0.2, 0.25) is 0 Å². The van der Waals surface area contributed by atoms with Crippen LogP contribution in [0.15, 0.2) is 59.8 Å². The molecule has 0 bridgehead atoms. The second-order valence-electron chi connectivity index (χ2n) is 7.05. The van der Waals surface area contributed by atoms with Crippen molar-refractivity contribution in [2.45, 2.75) is 36.7 Å². The van der Waals surface area contributed by atoms with Gasteiger partial charge in [-0.15, -0.1) is 10.2 Å². The van der Waals surface area contributed by atoms with Gasteiger partial charge in [0.2, 0.25) is 0 Å². The normalized spacial score (nSPS) is 14.9. The molecule has 3 aromatic rings. The molecule has 0 saturated carbocycles. The molecule has 1 aromatic heterocycles. The number of nitrogens with zero attached hydrogens (tertiary/aromatic N) is 4. The van der Waals surface area contributed by atoms with Crippen molar-refractivity contribution in [2.24, 2.45) is 0 Å². The molecule has 6 heteroatoms. The molecule has 28 heavy (non-hydrogen) atoms. The summed E-state index contributed by atoms with van der Waals surface area (Å²) in [6.07, 6.45) is 3.89. The van der Waals surface area contributed by atoms with Crippen LogP contribution in [0.5, 0.6) is 5.75 Å². The van der Waals surface area contributed by atoms with Crippen molar-refractivity contribution in [3.8, 4) is 11.4 Å². The summed E-state index contributed by atoms with van der Waals surface area (Å²) < 4.78 is 7.55. The zero-order valence-electron chi connectivity index (χ0n) is 16.3. The van der Waals surface area contributed by atoms with Gasteiger partial charge in [0.05, 0.1) is 13.7 Å². The summed E-state index contributed by atoms with van der Waals surface area (Å²) in [5, 5.41) is 10.0. The standard InChI is InChI=1S/C22H26N4OS/c1-27-20-12-8-9-18(15-20)17-28-22-24-23-21(16-25-13-6-3-7-14-25)26(22)19-10-4-2-5-11-19/h2,4-5,8-12,15H,3,6-7,13-14,16-17H2,1H3. The lowest BCUT2D eigenvalue weighted by molar-refractivity contribution is 0.214. The fraction of sp³-hybridized carbons (Fsp3) is 0.364. The van der Waals surface area contributed by atoms with Crippen LogP contribution < -0.4 is 4.74 Å². The fourth-order valence-corrected chi connectivity index (χ4v) is 4.47. The van der Waals surface area contributed by atoms with Gasteiger partial charge in [0.25, 0.3) is 0 Å². The Balaban J connectivity index is 1.57. The van der Waals surface area contributed by atoms with Crippen LogP contribution in [0.4, 0.5) is 0 Å². The topological polar surface area (TPSA) is 43.2 Å². The van der Waals surface area contributed by atoms with E-state index in [4.69, 9.17) is 4.74 Å². The van der Waals surface area contributed by atoms with Crippen molar-refractivity contribution in [1.82, 2.24) is 19.7 Å². The first-order valence-corrected chi connectivity index (χ1v) is 10.8. The zero-order valence-corrected chi connectivity index (χ0v) is 17.1. The maximum Gasteiger partial charge on any atom is 0.196 e. The van der Waals surface area contributed by atoms with E-state index >= 15 is 0 Å². The van der Waals surface area contributed by atoms with Crippen LogP contribution in [-0.2, 0) is 12.3 Å². The number of hydrogen-bond donors (Lipinski definition) is 0. The molecule has 0 spiro atoms. The number of ether oxygens (including phenoxy) is 1. The third kappa shape index (κ3) is 4.56. The van der Waals surface area contributed by atoms with Crippen molar-refractivity contribution >= 4 is 11.8 Å². The quantitative estimate of drug-likeness (QED) is 0.550. The van der Waals surface area contributed by atoms with Crippen molar-refractivity contribution in [3.63, 3.8) is 0 Å². The Morgan fingerprint density at radius 2 is 1.79 bits per heavy atom. The lowest BCUT2D eigenvalue weighted by atomic mass is 10.1. The van der Waals surface area contributed by atoms with E-state index in [1.807, 2.05) is 18.2 Å². The number of thioether (sulfide) groups is 1. The molecular weight excluding hydrogens is 368 g/mol. The Labute approximate surface area is 170 Å². The highest BCUT2D eigenvalue weighted by atomic mass is 32.2. The SMILES string of the molecule is COc1cccc(CSc2nnc(CN3CCCCC3)n2-c2ccccc2)c1. The molecule has 146 valence electrons. The molecule has 5 nitrogen and oxygen atoms in total. The minimum absolute atomic E-state index is 0.825. The third-order valence-electron chi connectivity index (χ3n) is 5.03. The average Bonchev–Trinajstić information content (AvgIpc) is 3.16. The van der Waals surface area contributed by atoms with E-state index in [0.717, 1.165) is 47.8 Å². The molecule has 4 rings (SSSR count). The maximum absolute atomic E-state index is 5.34. The van der Waals surface area contributed by atoms with Gasteiger partial charge in [-0.05, 0) is 55.8 Å². The van der Waals surface area contributed by atoms with Crippen molar-refractivity contribution in [1.29, 1.82) is 0 Å². The molecule has 2 heterocycles. The van der Waals surface area contributed by atoms with E-state index in [2.05, 4.69) is 56.1 Å². The van der Waals surface area contributed by atoms with Crippen molar-refractivity contribution in [2.75, 3.05) is 20.2 Å². The van der Waals surface area contributed by atoms with Gasteiger partial charge in [-0.2, -0.15) is 0 Å². The summed E-state index contributed by atoms with van der Waals surface area (Å²) in [4.78, 5) is 2.49. The molecule has 1 aliphatic rings. The van der Waals surface area contributed by atoms with Gasteiger partial charge in [0.15, 0.2) is 11.0 Å². The second-order valence-corrected chi connectivity index (χ2v) is 7.99. The number of para-hydroxylation sites is 1. The molecule has 2 aromatic carbocycles. The highest BCUT2D eigenvalue weighted by molar-refractivity contribution is 7.98. The van der Waals surface area contributed by atoms with E-state index in [9.17, 15) is 0 Å². The number of piperidine rings is 1. The zero-order chi connectivity index (χ0) is 19.2. The molecule has 0 unspecified atom stereocenters. The number of aromatic nitrogens is 3. The minimum atomic E-state index is 0.825. The lowest BCUT2D eigenvalue weighted by Crippen LogP contribution is -2.30. The summed E-state index contributed by atoms with van der Waals surface area (Å²) in [7, 11) is 1.70. The van der Waals surface area contributed by atoms with Gasteiger partial charge < -0.3 is 4.74 Å². The minimum Gasteiger partial charge on any atom is -0.497 e. The van der Waals surface area contributed by atoms with Gasteiger partial charge in [-0.1, -0.05) is 48.5 Å². The number of likely N-dealkylation sites (tertiary alicyclic amines) is 1. The summed E-state index contributed by atoms with van der Waals surface area (Å²) in [5.41, 5.74) is 2.33. The fourth-order valence-electron chi connectivity index (χ4n) is 3.56.